The van der Waals surface area contributed by atoms with E-state index in [-0.39, 0.29) is 0 Å². The Morgan fingerprint density at radius 3 is 2.73 bits per heavy atom. The summed E-state index contributed by atoms with van der Waals surface area (Å²) in [7, 11) is 0. The van der Waals surface area contributed by atoms with Crippen LogP contribution >= 0.6 is 34.0 Å². The number of para-hydroxylation sites is 1. The Morgan fingerprint density at radius 2 is 1.92 bits per heavy atom. The van der Waals surface area contributed by atoms with Gasteiger partial charge in [0.1, 0.15) is 5.01 Å². The van der Waals surface area contributed by atoms with Gasteiger partial charge in [-0.15, -0.1) is 22.7 Å². The van der Waals surface area contributed by atoms with E-state index in [1.165, 1.54) is 33.8 Å². The summed E-state index contributed by atoms with van der Waals surface area (Å²) in [6, 6.07) is 10.6. The minimum atomic E-state index is 0.612. The Hall–Kier alpha value is -1.60. The van der Waals surface area contributed by atoms with Gasteiger partial charge < -0.3 is 0 Å². The molecular weight excluding hydrogens is 378 g/mol. The minimum Gasteiger partial charge on any atom is -0.297 e. The lowest BCUT2D eigenvalue weighted by Gasteiger charge is -2.30. The fourth-order valence-electron chi connectivity index (χ4n) is 3.53. The maximum atomic E-state index is 4.87. The highest BCUT2D eigenvalue weighted by Gasteiger charge is 2.23. The van der Waals surface area contributed by atoms with Crippen LogP contribution in [0.1, 0.15) is 29.5 Å². The highest BCUT2D eigenvalue weighted by molar-refractivity contribution is 7.18. The molecule has 1 aliphatic heterocycles. The first-order chi connectivity index (χ1) is 12.8. The maximum absolute atomic E-state index is 4.87. The number of nitrogens with zero attached hydrogens (tertiary/aromatic N) is 3. The summed E-state index contributed by atoms with van der Waals surface area (Å²) in [5.74, 6) is 0.612. The minimum absolute atomic E-state index is 0.612. The average molecular weight is 398 g/mol. The molecule has 0 bridgehead atoms. The fraction of sp³-hybridized carbons (Fsp3) is 0.300. The van der Waals surface area contributed by atoms with Crippen molar-refractivity contribution in [2.24, 2.45) is 0 Å². The Labute approximate surface area is 165 Å². The smallest absolute Gasteiger partial charge is 0.124 e. The van der Waals surface area contributed by atoms with E-state index in [1.807, 2.05) is 11.3 Å². The Balaban J connectivity index is 1.22. The third kappa shape index (κ3) is 3.34. The van der Waals surface area contributed by atoms with E-state index in [9.17, 15) is 0 Å². The summed E-state index contributed by atoms with van der Waals surface area (Å²) in [4.78, 5) is 12.2. The second-order valence-corrected chi connectivity index (χ2v) is 9.43. The van der Waals surface area contributed by atoms with Crippen molar-refractivity contribution in [1.82, 2.24) is 14.9 Å². The summed E-state index contributed by atoms with van der Waals surface area (Å²) in [6.07, 6.45) is 2.39. The van der Waals surface area contributed by atoms with Crippen LogP contribution in [0.3, 0.4) is 0 Å². The summed E-state index contributed by atoms with van der Waals surface area (Å²) < 4.78 is 1.31. The lowest BCUT2D eigenvalue weighted by atomic mass is 9.97. The molecule has 0 aliphatic carbocycles. The van der Waals surface area contributed by atoms with Gasteiger partial charge in [0.2, 0.25) is 0 Å². The number of thiophene rings is 1. The van der Waals surface area contributed by atoms with E-state index in [2.05, 4.69) is 51.4 Å². The van der Waals surface area contributed by atoms with Crippen molar-refractivity contribution < 1.29 is 0 Å². The molecule has 3 aromatic heterocycles. The number of fused-ring (bicyclic) bond motifs is 1. The molecule has 132 valence electrons. The SMILES string of the molecule is c1ccc2sc(C3CCN(Cc4csc(-c5ccsc5)n4)CC3)nc2c1. The van der Waals surface area contributed by atoms with Crippen LogP contribution in [0.15, 0.2) is 46.5 Å². The number of aromatic nitrogens is 2. The third-order valence-corrected chi connectivity index (χ3v) is 7.78. The molecule has 0 saturated carbocycles. The van der Waals surface area contributed by atoms with Crippen LogP contribution in [-0.2, 0) is 6.54 Å². The van der Waals surface area contributed by atoms with E-state index in [0.29, 0.717) is 5.92 Å². The zero-order chi connectivity index (χ0) is 17.3. The molecule has 5 rings (SSSR count). The van der Waals surface area contributed by atoms with E-state index >= 15 is 0 Å². The number of piperidine rings is 1. The van der Waals surface area contributed by atoms with E-state index in [1.54, 1.807) is 22.7 Å². The normalized spacial score (nSPS) is 16.5. The van der Waals surface area contributed by atoms with Gasteiger partial charge in [0.15, 0.2) is 0 Å². The molecule has 6 heteroatoms. The van der Waals surface area contributed by atoms with Gasteiger partial charge in [0.25, 0.3) is 0 Å². The van der Waals surface area contributed by atoms with Gasteiger partial charge in [0, 0.05) is 28.8 Å². The summed E-state index contributed by atoms with van der Waals surface area (Å²) in [5, 5.41) is 8.96. The molecule has 0 atom stereocenters. The molecule has 0 unspecified atom stereocenters. The second kappa shape index (κ2) is 7.19. The molecule has 4 heterocycles. The van der Waals surface area contributed by atoms with Gasteiger partial charge in [-0.1, -0.05) is 12.1 Å². The van der Waals surface area contributed by atoms with Crippen LogP contribution in [-0.4, -0.2) is 28.0 Å². The van der Waals surface area contributed by atoms with Gasteiger partial charge in [0.05, 0.1) is 20.9 Å². The number of benzene rings is 1. The predicted octanol–water partition coefficient (Wildman–Crippen LogP) is 5.86. The van der Waals surface area contributed by atoms with Gasteiger partial charge >= 0.3 is 0 Å². The van der Waals surface area contributed by atoms with Gasteiger partial charge in [-0.25, -0.2) is 9.97 Å². The number of hydrogen-bond acceptors (Lipinski definition) is 6. The van der Waals surface area contributed by atoms with Crippen LogP contribution in [0.25, 0.3) is 20.8 Å². The first kappa shape index (κ1) is 16.6. The summed E-state index contributed by atoms with van der Waals surface area (Å²) in [6.45, 7) is 3.23. The molecule has 1 aliphatic rings. The molecular formula is C20H19N3S3. The number of rotatable bonds is 4. The van der Waals surface area contributed by atoms with Crippen LogP contribution in [0.4, 0.5) is 0 Å². The van der Waals surface area contributed by atoms with E-state index in [0.717, 1.165) is 30.2 Å². The van der Waals surface area contributed by atoms with Gasteiger partial charge in [-0.3, -0.25) is 4.90 Å². The van der Waals surface area contributed by atoms with Crippen molar-refractivity contribution in [2.45, 2.75) is 25.3 Å². The highest BCUT2D eigenvalue weighted by Crippen LogP contribution is 2.34. The van der Waals surface area contributed by atoms with Crippen molar-refractivity contribution in [3.63, 3.8) is 0 Å². The van der Waals surface area contributed by atoms with Crippen molar-refractivity contribution in [3.8, 4) is 10.6 Å². The fourth-order valence-corrected chi connectivity index (χ4v) is 6.19. The largest absolute Gasteiger partial charge is 0.297 e. The number of hydrogen-bond donors (Lipinski definition) is 0. The van der Waals surface area contributed by atoms with E-state index in [4.69, 9.17) is 9.97 Å². The summed E-state index contributed by atoms with van der Waals surface area (Å²) >= 11 is 5.36. The van der Waals surface area contributed by atoms with Crippen molar-refractivity contribution in [3.05, 3.63) is 57.2 Å². The molecule has 1 fully saturated rings. The average Bonchev–Trinajstić information content (AvgIpc) is 3.42. The van der Waals surface area contributed by atoms with Crippen molar-refractivity contribution in [2.75, 3.05) is 13.1 Å². The van der Waals surface area contributed by atoms with E-state index < -0.39 is 0 Å². The van der Waals surface area contributed by atoms with Gasteiger partial charge in [-0.05, 0) is 49.5 Å². The zero-order valence-electron chi connectivity index (χ0n) is 14.3. The standard InChI is InChI=1S/C20H19N3S3/c1-2-4-18-17(3-1)22-20(26-18)14-5-8-23(9-6-14)11-16-13-25-19(21-16)15-7-10-24-12-15/h1-4,7,10,12-14H,5-6,8-9,11H2. The molecule has 0 spiro atoms. The molecule has 0 N–H and O–H groups in total. The molecule has 1 aromatic carbocycles. The third-order valence-electron chi connectivity index (χ3n) is 4.95. The number of likely N-dealkylation sites (tertiary alicyclic amines) is 1. The lowest BCUT2D eigenvalue weighted by Crippen LogP contribution is -2.32. The lowest BCUT2D eigenvalue weighted by molar-refractivity contribution is 0.203. The topological polar surface area (TPSA) is 29.0 Å². The molecule has 0 radical (unpaired) electrons. The van der Waals surface area contributed by atoms with Crippen LogP contribution in [0.2, 0.25) is 0 Å². The Kier molecular flexibility index (Phi) is 4.58. The predicted molar refractivity (Wildman–Crippen MR) is 112 cm³/mol. The number of thiazole rings is 2. The monoisotopic (exact) mass is 397 g/mol. The molecule has 26 heavy (non-hydrogen) atoms. The first-order valence-electron chi connectivity index (χ1n) is 8.90. The van der Waals surface area contributed by atoms with Crippen molar-refractivity contribution in [1.29, 1.82) is 0 Å². The quantitative estimate of drug-likeness (QED) is 0.432. The Bertz CT molecular complexity index is 961. The highest BCUT2D eigenvalue weighted by atomic mass is 32.1. The van der Waals surface area contributed by atoms with Gasteiger partial charge in [-0.2, -0.15) is 11.3 Å². The molecule has 1 saturated heterocycles. The van der Waals surface area contributed by atoms with Crippen LogP contribution in [0.5, 0.6) is 0 Å². The first-order valence-corrected chi connectivity index (χ1v) is 11.5. The van der Waals surface area contributed by atoms with Crippen LogP contribution in [0, 0.1) is 0 Å². The maximum Gasteiger partial charge on any atom is 0.124 e. The van der Waals surface area contributed by atoms with Crippen LogP contribution < -0.4 is 0 Å². The molecule has 4 aromatic rings. The van der Waals surface area contributed by atoms with Crippen molar-refractivity contribution >= 4 is 44.2 Å². The molecule has 3 nitrogen and oxygen atoms in total. The zero-order valence-corrected chi connectivity index (χ0v) is 16.7. The summed E-state index contributed by atoms with van der Waals surface area (Å²) in [5.41, 5.74) is 3.61. The Morgan fingerprint density at radius 1 is 1.04 bits per heavy atom. The second-order valence-electron chi connectivity index (χ2n) is 6.73. The molecule has 0 amide bonds.